The Hall–Kier alpha value is -2.82. The molecule has 3 atom stereocenters. The molecule has 2 N–H and O–H groups in total. The van der Waals surface area contributed by atoms with E-state index >= 15 is 0 Å². The van der Waals surface area contributed by atoms with Crippen LogP contribution in [0.5, 0.6) is 0 Å². The lowest BCUT2D eigenvalue weighted by atomic mass is 10.0. The van der Waals surface area contributed by atoms with E-state index in [9.17, 15) is 28.9 Å². The number of rotatable bonds is 62. The van der Waals surface area contributed by atoms with Gasteiger partial charge in [0.05, 0.1) is 19.8 Å². The summed E-state index contributed by atoms with van der Waals surface area (Å²) in [5.74, 6) is -1.50. The molecule has 0 saturated carbocycles. The summed E-state index contributed by atoms with van der Waals surface area (Å²) in [6.45, 7) is 4.54. The molecule has 80 heavy (non-hydrogen) atoms. The number of hydrogen-bond acceptors (Lipinski definition) is 10. The highest BCUT2D eigenvalue weighted by molar-refractivity contribution is 7.47. The molecule has 0 aromatic rings. The number of phosphoric ester groups is 1. The fourth-order valence-corrected chi connectivity index (χ4v) is 10.2. The largest absolute Gasteiger partial charge is 0.472 e. The smallest absolute Gasteiger partial charge is 0.462 e. The molecule has 11 nitrogen and oxygen atoms in total. The summed E-state index contributed by atoms with van der Waals surface area (Å²) < 4.78 is 39.7. The molecule has 0 bridgehead atoms. The van der Waals surface area contributed by atoms with E-state index in [1.807, 2.05) is 12.2 Å². The number of ether oxygens (including phenoxy) is 3. The van der Waals surface area contributed by atoms with Crippen molar-refractivity contribution in [3.8, 4) is 0 Å². The van der Waals surface area contributed by atoms with Gasteiger partial charge in [-0.25, -0.2) is 4.57 Å². The summed E-state index contributed by atoms with van der Waals surface area (Å²) in [5, 5.41) is 9.85. The van der Waals surface area contributed by atoms with Crippen molar-refractivity contribution < 1.29 is 52.2 Å². The first-order valence-electron chi connectivity index (χ1n) is 33.2. The molecule has 0 radical (unpaired) electrons. The minimum atomic E-state index is -4.77. The summed E-state index contributed by atoms with van der Waals surface area (Å²) >= 11 is 0. The highest BCUT2D eigenvalue weighted by Gasteiger charge is 2.28. The lowest BCUT2D eigenvalue weighted by molar-refractivity contribution is -0.161. The van der Waals surface area contributed by atoms with Gasteiger partial charge >= 0.3 is 25.7 Å². The summed E-state index contributed by atoms with van der Waals surface area (Å²) in [6.07, 6.45) is 70.4. The number of phosphoric acid groups is 1. The van der Waals surface area contributed by atoms with Crippen LogP contribution in [0.15, 0.2) is 60.8 Å². The van der Waals surface area contributed by atoms with Crippen molar-refractivity contribution in [2.75, 3.05) is 26.4 Å². The van der Waals surface area contributed by atoms with Gasteiger partial charge in [0.15, 0.2) is 6.10 Å². The molecular weight excluding hydrogens is 1020 g/mol. The quantitative estimate of drug-likeness (QED) is 0.0197. The van der Waals surface area contributed by atoms with E-state index in [0.717, 1.165) is 70.6 Å². The van der Waals surface area contributed by atoms with Gasteiger partial charge in [-0.15, -0.1) is 0 Å². The van der Waals surface area contributed by atoms with Crippen molar-refractivity contribution in [2.45, 2.75) is 328 Å². The van der Waals surface area contributed by atoms with Crippen LogP contribution >= 0.6 is 7.82 Å². The van der Waals surface area contributed by atoms with Crippen molar-refractivity contribution >= 4 is 25.7 Å². The fourth-order valence-electron chi connectivity index (χ4n) is 9.45. The number of unbranched alkanes of at least 4 members (excludes halogenated alkanes) is 35. The second-order valence-corrected chi connectivity index (χ2v) is 23.7. The maximum atomic E-state index is 13.0. The molecule has 0 heterocycles. The van der Waals surface area contributed by atoms with Crippen LogP contribution in [0.3, 0.4) is 0 Å². The van der Waals surface area contributed by atoms with E-state index in [1.54, 1.807) is 0 Å². The Morgan fingerprint density at radius 3 is 1.00 bits per heavy atom. The fraction of sp³-hybridized carbons (Fsp3) is 0.809. The average Bonchev–Trinajstić information content (AvgIpc) is 3.45. The van der Waals surface area contributed by atoms with Crippen LogP contribution in [-0.2, 0) is 42.2 Å². The van der Waals surface area contributed by atoms with Crippen LogP contribution in [0, 0.1) is 0 Å². The third-order valence-electron chi connectivity index (χ3n) is 14.5. The van der Waals surface area contributed by atoms with Gasteiger partial charge in [0.2, 0.25) is 0 Å². The summed E-state index contributed by atoms with van der Waals surface area (Å²) in [4.78, 5) is 48.8. The molecule has 0 saturated heterocycles. The van der Waals surface area contributed by atoms with Crippen molar-refractivity contribution in [3.63, 3.8) is 0 Å². The van der Waals surface area contributed by atoms with Crippen molar-refractivity contribution in [1.29, 1.82) is 0 Å². The molecule has 0 aliphatic heterocycles. The van der Waals surface area contributed by atoms with E-state index in [-0.39, 0.29) is 25.9 Å². The Morgan fingerprint density at radius 1 is 0.362 bits per heavy atom. The molecule has 466 valence electrons. The zero-order valence-electron chi connectivity index (χ0n) is 51.8. The molecule has 0 spiro atoms. The third-order valence-corrected chi connectivity index (χ3v) is 15.4. The maximum Gasteiger partial charge on any atom is 0.472 e. The van der Waals surface area contributed by atoms with Crippen molar-refractivity contribution in [3.05, 3.63) is 60.8 Å². The van der Waals surface area contributed by atoms with Crippen molar-refractivity contribution in [1.82, 2.24) is 0 Å². The van der Waals surface area contributed by atoms with Crippen LogP contribution in [0.1, 0.15) is 316 Å². The van der Waals surface area contributed by atoms with Gasteiger partial charge < -0.3 is 24.2 Å². The first kappa shape index (κ1) is 77.2. The first-order valence-corrected chi connectivity index (χ1v) is 34.7. The maximum absolute atomic E-state index is 13.0. The normalized spacial score (nSPS) is 13.6. The molecule has 0 aromatic carbocycles. The number of hydrogen-bond donors (Lipinski definition) is 2. The van der Waals surface area contributed by atoms with Gasteiger partial charge in [-0.3, -0.25) is 23.4 Å². The highest BCUT2D eigenvalue weighted by Crippen LogP contribution is 2.43. The predicted molar refractivity (Wildman–Crippen MR) is 335 cm³/mol. The first-order chi connectivity index (χ1) is 39.2. The van der Waals surface area contributed by atoms with Gasteiger partial charge in [0.25, 0.3) is 0 Å². The predicted octanol–water partition coefficient (Wildman–Crippen LogP) is 20.3. The summed E-state index contributed by atoms with van der Waals surface area (Å²) in [7, 11) is -4.77. The van der Waals surface area contributed by atoms with Gasteiger partial charge in [-0.2, -0.15) is 0 Å². The number of aliphatic hydroxyl groups is 1. The van der Waals surface area contributed by atoms with Gasteiger partial charge in [-0.05, 0) is 57.8 Å². The van der Waals surface area contributed by atoms with Gasteiger partial charge in [-0.1, -0.05) is 300 Å². The van der Waals surface area contributed by atoms with E-state index in [0.29, 0.717) is 25.7 Å². The minimum Gasteiger partial charge on any atom is -0.462 e. The van der Waals surface area contributed by atoms with Crippen molar-refractivity contribution in [2.24, 2.45) is 0 Å². The molecule has 0 fully saturated rings. The zero-order valence-corrected chi connectivity index (χ0v) is 52.7. The number of allylic oxidation sites excluding steroid dienone is 10. The Labute approximate surface area is 491 Å². The van der Waals surface area contributed by atoms with Gasteiger partial charge in [0, 0.05) is 19.3 Å². The lowest BCUT2D eigenvalue weighted by Crippen LogP contribution is -2.30. The van der Waals surface area contributed by atoms with E-state index in [1.165, 1.54) is 180 Å². The van der Waals surface area contributed by atoms with E-state index in [2.05, 4.69) is 69.4 Å². The molecule has 0 aromatic heterocycles. The Kier molecular flexibility index (Phi) is 60.0. The second-order valence-electron chi connectivity index (χ2n) is 22.3. The summed E-state index contributed by atoms with van der Waals surface area (Å²) in [5.41, 5.74) is 0. The summed E-state index contributed by atoms with van der Waals surface area (Å²) in [6, 6.07) is 0. The Morgan fingerprint density at radius 2 is 0.650 bits per heavy atom. The zero-order chi connectivity index (χ0) is 58.3. The van der Waals surface area contributed by atoms with Gasteiger partial charge in [0.1, 0.15) is 12.7 Å². The van der Waals surface area contributed by atoms with Crippen LogP contribution in [0.2, 0.25) is 0 Å². The monoisotopic (exact) mass is 1150 g/mol. The number of esters is 3. The molecule has 0 aliphatic rings. The van der Waals surface area contributed by atoms with E-state index < -0.39 is 57.8 Å². The topological polar surface area (TPSA) is 155 Å². The minimum absolute atomic E-state index is 0.100. The highest BCUT2D eigenvalue weighted by atomic mass is 31.2. The van der Waals surface area contributed by atoms with Crippen LogP contribution in [0.25, 0.3) is 0 Å². The second kappa shape index (κ2) is 62.2. The number of carbonyl (C=O) groups excluding carboxylic acids is 3. The van der Waals surface area contributed by atoms with Crippen LogP contribution in [0.4, 0.5) is 0 Å². The molecule has 12 heteroatoms. The molecule has 3 unspecified atom stereocenters. The van der Waals surface area contributed by atoms with Crippen LogP contribution < -0.4 is 0 Å². The SMILES string of the molecule is CC/C=C\C/C=C\C/C=C\C/C=C\C/C=C\CCCC(=O)OC(CO)COP(=O)(O)OCC(COC(=O)CCCCCCCCCCCCCCCCCCC)OC(=O)CCCCCCCCCCCCCCCCCCCCC. The standard InChI is InChI=1S/C68H123O11P/c1-4-7-10-13-16-19-22-25-28-31-32-35-38-41-44-47-50-53-56-59-68(72)79-65(61-75-66(70)57-54-51-48-45-42-39-36-33-29-26-23-20-17-14-11-8-5-2)63-77-80(73,74)76-62-64(60-69)78-67(71)58-55-52-49-46-43-40-37-34-30-27-24-21-18-15-12-9-6-3/h9,12,18,21,27,30,37,40,46,49,64-65,69H,4-8,10-11,13-17,19-20,22-26,28-29,31-36,38-39,41-45,47-48,50-63H2,1-3H3,(H,73,74)/b12-9-,21-18-,30-27-,40-37-,49-46-. The number of carbonyl (C=O) groups is 3. The molecule has 0 amide bonds. The third kappa shape index (κ3) is 59.8. The lowest BCUT2D eigenvalue weighted by Gasteiger charge is -2.21. The molecule has 0 aliphatic carbocycles. The van der Waals surface area contributed by atoms with Crippen LogP contribution in [-0.4, -0.2) is 66.5 Å². The average molecular weight is 1150 g/mol. The number of aliphatic hydroxyl groups excluding tert-OH is 1. The Balaban J connectivity index is 4.71. The molecular formula is C68H123O11P. The van der Waals surface area contributed by atoms with E-state index in [4.69, 9.17) is 23.3 Å². The Bertz CT molecular complexity index is 1570. The molecule has 0 rings (SSSR count).